The molecule has 1 amide bonds. The number of thioether (sulfide) groups is 1. The lowest BCUT2D eigenvalue weighted by Crippen LogP contribution is -2.31. The number of carbonyl (C=O) groups excluding carboxylic acids is 1. The van der Waals surface area contributed by atoms with Crippen LogP contribution < -0.4 is 5.32 Å². The van der Waals surface area contributed by atoms with Crippen LogP contribution in [0.4, 0.5) is 0 Å². The highest BCUT2D eigenvalue weighted by molar-refractivity contribution is 7.99. The van der Waals surface area contributed by atoms with Gasteiger partial charge in [0.15, 0.2) is 5.16 Å². The smallest absolute Gasteiger partial charge is 0.230 e. The number of nitrogens with zero attached hydrogens (tertiary/aromatic N) is 3. The van der Waals surface area contributed by atoms with Crippen molar-refractivity contribution in [2.24, 2.45) is 0 Å². The fourth-order valence-electron chi connectivity index (χ4n) is 3.57. The third kappa shape index (κ3) is 5.86. The second-order valence-corrected chi connectivity index (χ2v) is 8.55. The molecule has 3 aromatic carbocycles. The summed E-state index contributed by atoms with van der Waals surface area (Å²) in [5, 5.41) is 12.5. The van der Waals surface area contributed by atoms with Gasteiger partial charge in [0.05, 0.1) is 18.3 Å². The zero-order valence-corrected chi connectivity index (χ0v) is 18.8. The van der Waals surface area contributed by atoms with E-state index in [-0.39, 0.29) is 17.7 Å². The lowest BCUT2D eigenvalue weighted by atomic mass is 9.99. The summed E-state index contributed by atoms with van der Waals surface area (Å²) >= 11 is 1.42. The standard InChI is InChI=1S/C26H26N4OS/c1-20-28-29-26(30(20)18-22-13-7-3-8-14-22)32-19-25(31)27-24(23-15-9-4-10-16-23)17-21-11-5-2-6-12-21/h2-16,24H,17-19H2,1H3,(H,27,31). The van der Waals surface area contributed by atoms with Gasteiger partial charge in [-0.3, -0.25) is 4.79 Å². The van der Waals surface area contributed by atoms with Crippen LogP contribution in [0, 0.1) is 6.92 Å². The van der Waals surface area contributed by atoms with Crippen molar-refractivity contribution >= 4 is 17.7 Å². The number of nitrogens with one attached hydrogen (secondary N) is 1. The maximum Gasteiger partial charge on any atom is 0.230 e. The summed E-state index contributed by atoms with van der Waals surface area (Å²) in [6, 6.07) is 30.4. The molecule has 1 N–H and O–H groups in total. The lowest BCUT2D eigenvalue weighted by Gasteiger charge is -2.19. The molecule has 1 heterocycles. The van der Waals surface area contributed by atoms with Crippen molar-refractivity contribution in [1.82, 2.24) is 20.1 Å². The van der Waals surface area contributed by atoms with Gasteiger partial charge in [-0.1, -0.05) is 103 Å². The maximum atomic E-state index is 12.9. The van der Waals surface area contributed by atoms with Gasteiger partial charge in [-0.25, -0.2) is 0 Å². The number of aryl methyl sites for hydroxylation is 1. The third-order valence-electron chi connectivity index (χ3n) is 5.24. The largest absolute Gasteiger partial charge is 0.348 e. The topological polar surface area (TPSA) is 59.8 Å². The Kier molecular flexibility index (Phi) is 7.35. The minimum Gasteiger partial charge on any atom is -0.348 e. The third-order valence-corrected chi connectivity index (χ3v) is 6.20. The van der Waals surface area contributed by atoms with Gasteiger partial charge in [0.25, 0.3) is 0 Å². The monoisotopic (exact) mass is 442 g/mol. The Labute approximate surface area is 192 Å². The van der Waals surface area contributed by atoms with Gasteiger partial charge in [0.1, 0.15) is 5.82 Å². The van der Waals surface area contributed by atoms with Crippen LogP contribution in [0.2, 0.25) is 0 Å². The quantitative estimate of drug-likeness (QED) is 0.377. The summed E-state index contributed by atoms with van der Waals surface area (Å²) in [5.41, 5.74) is 3.46. The molecule has 162 valence electrons. The molecule has 4 aromatic rings. The van der Waals surface area contributed by atoms with Crippen molar-refractivity contribution in [3.8, 4) is 0 Å². The van der Waals surface area contributed by atoms with Gasteiger partial charge >= 0.3 is 0 Å². The summed E-state index contributed by atoms with van der Waals surface area (Å²) < 4.78 is 2.05. The molecule has 4 rings (SSSR count). The van der Waals surface area contributed by atoms with Gasteiger partial charge in [0, 0.05) is 0 Å². The highest BCUT2D eigenvalue weighted by Crippen LogP contribution is 2.21. The summed E-state index contributed by atoms with van der Waals surface area (Å²) in [6.45, 7) is 2.62. The van der Waals surface area contributed by atoms with E-state index in [1.165, 1.54) is 22.9 Å². The SMILES string of the molecule is Cc1nnc(SCC(=O)NC(Cc2ccccc2)c2ccccc2)n1Cc1ccccc1. The van der Waals surface area contributed by atoms with Crippen LogP contribution in [-0.2, 0) is 17.8 Å². The molecule has 1 aromatic heterocycles. The lowest BCUT2D eigenvalue weighted by molar-refractivity contribution is -0.119. The number of benzene rings is 3. The van der Waals surface area contributed by atoms with Crippen LogP contribution in [-0.4, -0.2) is 26.4 Å². The summed E-state index contributed by atoms with van der Waals surface area (Å²) in [6.07, 6.45) is 0.741. The first kappa shape index (κ1) is 21.8. The van der Waals surface area contributed by atoms with Crippen molar-refractivity contribution in [2.45, 2.75) is 31.1 Å². The number of aromatic nitrogens is 3. The van der Waals surface area contributed by atoms with E-state index in [1.807, 2.05) is 66.1 Å². The van der Waals surface area contributed by atoms with Crippen LogP contribution in [0.15, 0.2) is 96.2 Å². The summed E-state index contributed by atoms with van der Waals surface area (Å²) in [7, 11) is 0. The second-order valence-electron chi connectivity index (χ2n) is 7.61. The van der Waals surface area contributed by atoms with Gasteiger partial charge in [-0.05, 0) is 30.0 Å². The summed E-state index contributed by atoms with van der Waals surface area (Å²) in [5.74, 6) is 1.10. The highest BCUT2D eigenvalue weighted by Gasteiger charge is 2.17. The molecule has 1 unspecified atom stereocenters. The van der Waals surface area contributed by atoms with Crippen LogP contribution in [0.5, 0.6) is 0 Å². The number of amides is 1. The molecular weight excluding hydrogens is 416 g/mol. The average Bonchev–Trinajstić information content (AvgIpc) is 3.18. The van der Waals surface area contributed by atoms with Gasteiger partial charge in [-0.2, -0.15) is 0 Å². The van der Waals surface area contributed by atoms with Gasteiger partial charge < -0.3 is 9.88 Å². The van der Waals surface area contributed by atoms with Crippen LogP contribution in [0.25, 0.3) is 0 Å². The minimum atomic E-state index is -0.0874. The maximum absolute atomic E-state index is 12.9. The average molecular weight is 443 g/mol. The molecule has 6 heteroatoms. The normalized spacial score (nSPS) is 11.8. The first-order valence-electron chi connectivity index (χ1n) is 10.6. The molecule has 0 spiro atoms. The predicted molar refractivity (Wildman–Crippen MR) is 128 cm³/mol. The zero-order chi connectivity index (χ0) is 22.2. The highest BCUT2D eigenvalue weighted by atomic mass is 32.2. The van der Waals surface area contributed by atoms with Crippen molar-refractivity contribution in [3.05, 3.63) is 114 Å². The van der Waals surface area contributed by atoms with Crippen molar-refractivity contribution < 1.29 is 4.79 Å². The Morgan fingerprint density at radius 2 is 1.47 bits per heavy atom. The van der Waals surface area contributed by atoms with E-state index < -0.39 is 0 Å². The molecule has 0 saturated carbocycles. The van der Waals surface area contributed by atoms with Crippen LogP contribution in [0.1, 0.15) is 28.6 Å². The molecule has 0 saturated heterocycles. The predicted octanol–water partition coefficient (Wildman–Crippen LogP) is 4.83. The van der Waals surface area contributed by atoms with E-state index >= 15 is 0 Å². The van der Waals surface area contributed by atoms with E-state index in [9.17, 15) is 4.79 Å². The Hall–Kier alpha value is -3.38. The molecule has 32 heavy (non-hydrogen) atoms. The number of rotatable bonds is 9. The molecule has 0 bridgehead atoms. The van der Waals surface area contributed by atoms with Crippen LogP contribution in [0.3, 0.4) is 0 Å². The summed E-state index contributed by atoms with van der Waals surface area (Å²) in [4.78, 5) is 12.9. The Balaban J connectivity index is 1.42. The molecule has 1 atom stereocenters. The molecule has 0 aliphatic heterocycles. The minimum absolute atomic E-state index is 0.0216. The van der Waals surface area contributed by atoms with E-state index in [0.717, 1.165) is 23.0 Å². The van der Waals surface area contributed by atoms with Gasteiger partial charge in [0.2, 0.25) is 5.91 Å². The van der Waals surface area contributed by atoms with Gasteiger partial charge in [-0.15, -0.1) is 10.2 Å². The van der Waals surface area contributed by atoms with Crippen LogP contribution >= 0.6 is 11.8 Å². The first-order chi connectivity index (χ1) is 15.7. The number of hydrogen-bond donors (Lipinski definition) is 1. The van der Waals surface area contributed by atoms with E-state index in [4.69, 9.17) is 0 Å². The number of hydrogen-bond acceptors (Lipinski definition) is 4. The van der Waals surface area contributed by atoms with E-state index in [2.05, 4.69) is 51.9 Å². The number of carbonyl (C=O) groups is 1. The molecule has 0 aliphatic rings. The molecule has 0 aliphatic carbocycles. The van der Waals surface area contributed by atoms with E-state index in [0.29, 0.717) is 6.54 Å². The second kappa shape index (κ2) is 10.8. The zero-order valence-electron chi connectivity index (χ0n) is 18.0. The Morgan fingerprint density at radius 3 is 2.12 bits per heavy atom. The van der Waals surface area contributed by atoms with Crippen molar-refractivity contribution in [3.63, 3.8) is 0 Å². The molecule has 0 fully saturated rings. The molecule has 5 nitrogen and oxygen atoms in total. The fourth-order valence-corrected chi connectivity index (χ4v) is 4.36. The first-order valence-corrected chi connectivity index (χ1v) is 11.6. The molecule has 0 radical (unpaired) electrons. The fraction of sp³-hybridized carbons (Fsp3) is 0.192. The molecular formula is C26H26N4OS. The van der Waals surface area contributed by atoms with E-state index in [1.54, 1.807) is 0 Å². The Bertz CT molecular complexity index is 1130. The van der Waals surface area contributed by atoms with Crippen molar-refractivity contribution in [1.29, 1.82) is 0 Å². The Morgan fingerprint density at radius 1 is 0.875 bits per heavy atom. The van der Waals surface area contributed by atoms with Crippen molar-refractivity contribution in [2.75, 3.05) is 5.75 Å².